The van der Waals surface area contributed by atoms with Gasteiger partial charge in [0.1, 0.15) is 0 Å². The molecular formula is C16H27N3OS. The highest BCUT2D eigenvalue weighted by molar-refractivity contribution is 7.15. The topological polar surface area (TPSA) is 37.4 Å². The quantitative estimate of drug-likeness (QED) is 0.907. The summed E-state index contributed by atoms with van der Waals surface area (Å²) in [6, 6.07) is 0.474. The molecule has 0 saturated carbocycles. The number of ether oxygens (including phenoxy) is 1. The van der Waals surface area contributed by atoms with Gasteiger partial charge in [-0.25, -0.2) is 4.98 Å². The van der Waals surface area contributed by atoms with Crippen LogP contribution < -0.4 is 10.2 Å². The second kappa shape index (κ2) is 7.07. The number of nitrogens with zero attached hydrogens (tertiary/aromatic N) is 2. The predicted octanol–water partition coefficient (Wildman–Crippen LogP) is 3.14. The van der Waals surface area contributed by atoms with Gasteiger partial charge in [0, 0.05) is 18.0 Å². The highest BCUT2D eigenvalue weighted by Crippen LogP contribution is 2.37. The van der Waals surface area contributed by atoms with Gasteiger partial charge in [0.15, 0.2) is 5.13 Å². The Bertz CT molecular complexity index is 462. The lowest BCUT2D eigenvalue weighted by atomic mass is 9.97. The Balaban J connectivity index is 1.74. The van der Waals surface area contributed by atoms with E-state index in [4.69, 9.17) is 9.72 Å². The van der Waals surface area contributed by atoms with Crippen molar-refractivity contribution in [3.63, 3.8) is 0 Å². The molecule has 1 aromatic rings. The van der Waals surface area contributed by atoms with Crippen molar-refractivity contribution in [2.45, 2.75) is 58.1 Å². The summed E-state index contributed by atoms with van der Waals surface area (Å²) >= 11 is 1.91. The lowest BCUT2D eigenvalue weighted by Gasteiger charge is -2.32. The second-order valence-electron chi connectivity index (χ2n) is 6.05. The molecule has 2 aliphatic rings. The zero-order valence-corrected chi connectivity index (χ0v) is 14.0. The van der Waals surface area contributed by atoms with Gasteiger partial charge in [-0.3, -0.25) is 0 Å². The molecule has 1 saturated heterocycles. The minimum atomic E-state index is 0.369. The van der Waals surface area contributed by atoms with Crippen molar-refractivity contribution in [3.8, 4) is 0 Å². The second-order valence-corrected chi connectivity index (χ2v) is 7.11. The molecule has 4 nitrogen and oxygen atoms in total. The van der Waals surface area contributed by atoms with Crippen LogP contribution in [0.3, 0.4) is 0 Å². The molecule has 3 rings (SSSR count). The molecule has 2 atom stereocenters. The molecule has 5 heteroatoms. The third-order valence-electron chi connectivity index (χ3n) is 4.45. The van der Waals surface area contributed by atoms with Crippen LogP contribution in [0.25, 0.3) is 0 Å². The van der Waals surface area contributed by atoms with Gasteiger partial charge < -0.3 is 15.0 Å². The number of fused-ring (bicyclic) bond motifs is 1. The first-order chi connectivity index (χ1) is 10.3. The van der Waals surface area contributed by atoms with Crippen molar-refractivity contribution in [2.75, 3.05) is 31.1 Å². The predicted molar refractivity (Wildman–Crippen MR) is 88.3 cm³/mol. The van der Waals surface area contributed by atoms with E-state index in [2.05, 4.69) is 24.1 Å². The van der Waals surface area contributed by atoms with Gasteiger partial charge in [0.25, 0.3) is 0 Å². The number of nitrogens with one attached hydrogen (secondary N) is 1. The maximum atomic E-state index is 5.78. The monoisotopic (exact) mass is 309 g/mol. The minimum Gasteiger partial charge on any atom is -0.375 e. The number of hydrogen-bond donors (Lipinski definition) is 1. The molecule has 1 aliphatic heterocycles. The number of anilines is 1. The van der Waals surface area contributed by atoms with Gasteiger partial charge in [0.05, 0.1) is 24.4 Å². The lowest BCUT2D eigenvalue weighted by Crippen LogP contribution is -2.42. The number of aromatic nitrogens is 1. The van der Waals surface area contributed by atoms with E-state index in [9.17, 15) is 0 Å². The summed E-state index contributed by atoms with van der Waals surface area (Å²) in [5.74, 6) is 0. The van der Waals surface area contributed by atoms with E-state index in [0.717, 1.165) is 32.7 Å². The molecule has 0 radical (unpaired) electrons. The number of thiazole rings is 1. The molecule has 0 bridgehead atoms. The maximum Gasteiger partial charge on any atom is 0.186 e. The van der Waals surface area contributed by atoms with Crippen LogP contribution >= 0.6 is 11.3 Å². The largest absolute Gasteiger partial charge is 0.375 e. The van der Waals surface area contributed by atoms with Crippen LogP contribution in [-0.4, -0.2) is 37.3 Å². The summed E-state index contributed by atoms with van der Waals surface area (Å²) in [5, 5.41) is 4.88. The number of aryl methyl sites for hydroxylation is 1. The van der Waals surface area contributed by atoms with Crippen molar-refractivity contribution in [1.29, 1.82) is 0 Å². The van der Waals surface area contributed by atoms with Crippen molar-refractivity contribution in [2.24, 2.45) is 0 Å². The highest BCUT2D eigenvalue weighted by Gasteiger charge is 2.27. The normalized spacial score (nSPS) is 25.9. The van der Waals surface area contributed by atoms with Crippen LogP contribution in [0.1, 0.15) is 56.1 Å². The summed E-state index contributed by atoms with van der Waals surface area (Å²) in [5.41, 5.74) is 1.33. The summed E-state index contributed by atoms with van der Waals surface area (Å²) in [6.07, 6.45) is 6.37. The lowest BCUT2D eigenvalue weighted by molar-refractivity contribution is 0.0384. The number of hydrogen-bond acceptors (Lipinski definition) is 5. The van der Waals surface area contributed by atoms with Crippen molar-refractivity contribution in [1.82, 2.24) is 10.3 Å². The molecule has 1 fully saturated rings. The fourth-order valence-electron chi connectivity index (χ4n) is 3.20. The number of morpholine rings is 1. The molecule has 2 heterocycles. The van der Waals surface area contributed by atoms with Crippen LogP contribution in [-0.2, 0) is 11.2 Å². The maximum absolute atomic E-state index is 5.78. The van der Waals surface area contributed by atoms with Crippen LogP contribution in [0, 0.1) is 0 Å². The Morgan fingerprint density at radius 2 is 2.33 bits per heavy atom. The molecule has 1 aliphatic carbocycles. The molecule has 0 aromatic carbocycles. The first-order valence-corrected chi connectivity index (χ1v) is 9.23. The first kappa shape index (κ1) is 15.3. The van der Waals surface area contributed by atoms with Crippen molar-refractivity contribution < 1.29 is 4.74 Å². The molecule has 0 spiro atoms. The van der Waals surface area contributed by atoms with Crippen LogP contribution in [0.15, 0.2) is 0 Å². The summed E-state index contributed by atoms with van der Waals surface area (Å²) < 4.78 is 5.78. The minimum absolute atomic E-state index is 0.369. The van der Waals surface area contributed by atoms with Gasteiger partial charge in [-0.1, -0.05) is 13.8 Å². The third-order valence-corrected chi connectivity index (χ3v) is 5.64. The number of rotatable bonds is 5. The van der Waals surface area contributed by atoms with Gasteiger partial charge in [-0.15, -0.1) is 11.3 Å². The van der Waals surface area contributed by atoms with Gasteiger partial charge >= 0.3 is 0 Å². The average molecular weight is 309 g/mol. The SMILES string of the molecule is CCCNC1CCCc2sc(N3CCOC(CC)C3)nc21. The zero-order chi connectivity index (χ0) is 14.7. The van der Waals surface area contributed by atoms with Crippen LogP contribution in [0.2, 0.25) is 0 Å². The van der Waals surface area contributed by atoms with E-state index in [1.54, 1.807) is 0 Å². The third kappa shape index (κ3) is 3.41. The van der Waals surface area contributed by atoms with Gasteiger partial charge in [-0.2, -0.15) is 0 Å². The summed E-state index contributed by atoms with van der Waals surface area (Å²) in [4.78, 5) is 8.94. The summed E-state index contributed by atoms with van der Waals surface area (Å²) in [7, 11) is 0. The highest BCUT2D eigenvalue weighted by atomic mass is 32.1. The van der Waals surface area contributed by atoms with E-state index in [1.807, 2.05) is 11.3 Å². The molecule has 1 N–H and O–H groups in total. The Labute approximate surface area is 131 Å². The molecular weight excluding hydrogens is 282 g/mol. The van der Waals surface area contributed by atoms with E-state index >= 15 is 0 Å². The zero-order valence-electron chi connectivity index (χ0n) is 13.2. The van der Waals surface area contributed by atoms with E-state index < -0.39 is 0 Å². The first-order valence-electron chi connectivity index (χ1n) is 8.41. The van der Waals surface area contributed by atoms with Crippen LogP contribution in [0.5, 0.6) is 0 Å². The summed E-state index contributed by atoms with van der Waals surface area (Å²) in [6.45, 7) is 8.33. The molecule has 0 amide bonds. The van der Waals surface area contributed by atoms with E-state index in [1.165, 1.54) is 41.4 Å². The van der Waals surface area contributed by atoms with Gasteiger partial charge in [0.2, 0.25) is 0 Å². The Morgan fingerprint density at radius 1 is 1.43 bits per heavy atom. The van der Waals surface area contributed by atoms with Crippen LogP contribution in [0.4, 0.5) is 5.13 Å². The molecule has 21 heavy (non-hydrogen) atoms. The molecule has 1 aromatic heterocycles. The van der Waals surface area contributed by atoms with E-state index in [0.29, 0.717) is 12.1 Å². The van der Waals surface area contributed by atoms with E-state index in [-0.39, 0.29) is 0 Å². The fraction of sp³-hybridized carbons (Fsp3) is 0.812. The van der Waals surface area contributed by atoms with Crippen molar-refractivity contribution >= 4 is 16.5 Å². The van der Waals surface area contributed by atoms with Gasteiger partial charge in [-0.05, 0) is 38.6 Å². The molecule has 118 valence electrons. The van der Waals surface area contributed by atoms with Crippen molar-refractivity contribution in [3.05, 3.63) is 10.6 Å². The average Bonchev–Trinajstić information content (AvgIpc) is 2.97. The Morgan fingerprint density at radius 3 is 3.14 bits per heavy atom. The molecule has 2 unspecified atom stereocenters. The Hall–Kier alpha value is -0.650. The Kier molecular flexibility index (Phi) is 5.14. The standard InChI is InChI=1S/C16H27N3OS/c1-3-8-17-13-6-5-7-14-15(13)18-16(21-14)19-9-10-20-12(4-2)11-19/h12-13,17H,3-11H2,1-2H3. The fourth-order valence-corrected chi connectivity index (χ4v) is 4.40. The smallest absolute Gasteiger partial charge is 0.186 e.